The summed E-state index contributed by atoms with van der Waals surface area (Å²) in [6, 6.07) is 60.8. The minimum atomic E-state index is -0.834. The van der Waals surface area contributed by atoms with Gasteiger partial charge in [-0.1, -0.05) is 72.8 Å². The van der Waals surface area contributed by atoms with E-state index in [9.17, 15) is 0 Å². The van der Waals surface area contributed by atoms with Crippen molar-refractivity contribution in [1.82, 2.24) is 0 Å². The molecule has 0 aliphatic carbocycles. The molecule has 0 aliphatic rings. The molecule has 0 aromatic heterocycles. The van der Waals surface area contributed by atoms with Crippen molar-refractivity contribution in [3.63, 3.8) is 0 Å². The average Bonchev–Trinajstić information content (AvgIpc) is 3.72. The van der Waals surface area contributed by atoms with Crippen molar-refractivity contribution < 1.29 is 27.8 Å². The molecule has 6 aromatic rings. The van der Waals surface area contributed by atoms with E-state index in [1.54, 1.807) is 0 Å². The Balaban J connectivity index is 0.000000197. The molecule has 0 N–H and O–H groups in total. The van der Waals surface area contributed by atoms with Crippen molar-refractivity contribution in [3.8, 4) is 0 Å². The molecule has 6 heteroatoms. The molecule has 0 bridgehead atoms. The molecule has 0 saturated heterocycles. The third-order valence-electron chi connectivity index (χ3n) is 6.15. The molecular weight excluding hydrogens is 886 g/mol. The van der Waals surface area contributed by atoms with Gasteiger partial charge >= 0.3 is 49.8 Å². The van der Waals surface area contributed by atoms with Gasteiger partial charge < -0.3 is 0 Å². The van der Waals surface area contributed by atoms with Crippen LogP contribution in [0.3, 0.4) is 0 Å². The molecule has 0 heterocycles. The molecular formula is C34H30FeI2P2Pd. The summed E-state index contributed by atoms with van der Waals surface area (Å²) in [6.07, 6.45) is 0. The van der Waals surface area contributed by atoms with E-state index in [4.69, 9.17) is 0 Å². The van der Waals surface area contributed by atoms with Crippen molar-refractivity contribution in [3.05, 3.63) is 170 Å². The molecule has 40 heavy (non-hydrogen) atoms. The first-order valence-corrected chi connectivity index (χ1v) is 24.8. The van der Waals surface area contributed by atoms with Crippen molar-refractivity contribution in [2.75, 3.05) is 0 Å². The van der Waals surface area contributed by atoms with Crippen LogP contribution in [0, 0.1) is 0 Å². The van der Waals surface area contributed by atoms with Crippen LogP contribution in [0.15, 0.2) is 170 Å². The van der Waals surface area contributed by atoms with E-state index in [2.05, 4.69) is 209 Å². The molecule has 0 atom stereocenters. The first kappa shape index (κ1) is 33.6. The number of hydrogen-bond acceptors (Lipinski definition) is 0. The van der Waals surface area contributed by atoms with E-state index in [0.29, 0.717) is 0 Å². The van der Waals surface area contributed by atoms with Crippen LogP contribution in [0.5, 0.6) is 0 Å². The van der Waals surface area contributed by atoms with E-state index in [0.717, 1.165) is 10.8 Å². The van der Waals surface area contributed by atoms with Gasteiger partial charge in [0.05, 0.1) is 21.2 Å². The summed E-state index contributed by atoms with van der Waals surface area (Å²) < 4.78 is 0. The van der Waals surface area contributed by atoms with Gasteiger partial charge in [0, 0.05) is 32.9 Å². The first-order valence-electron chi connectivity index (χ1n) is 12.5. The molecule has 0 amide bonds. The van der Waals surface area contributed by atoms with Crippen molar-refractivity contribution in [2.24, 2.45) is 0 Å². The second-order valence-electron chi connectivity index (χ2n) is 8.61. The van der Waals surface area contributed by atoms with Gasteiger partial charge in [-0.2, -0.15) is 0 Å². The maximum absolute atomic E-state index is 2.33. The number of hydrogen-bond donors (Lipinski definition) is 0. The fraction of sp³-hybridized carbons (Fsp3) is 0. The minimum absolute atomic E-state index is 0. The van der Waals surface area contributed by atoms with Gasteiger partial charge in [0.1, 0.15) is 0 Å². The van der Waals surface area contributed by atoms with Gasteiger partial charge in [-0.25, -0.2) is 24.3 Å². The third-order valence-corrected chi connectivity index (χ3v) is 11.6. The Labute approximate surface area is 281 Å². The van der Waals surface area contributed by atoms with Crippen LogP contribution in [-0.4, -0.2) is 0 Å². The van der Waals surface area contributed by atoms with Crippen LogP contribution in [0.2, 0.25) is 0 Å². The maximum atomic E-state index is 2.33. The molecule has 0 nitrogen and oxygen atoms in total. The summed E-state index contributed by atoms with van der Waals surface area (Å²) in [5.74, 6) is 0. The summed E-state index contributed by atoms with van der Waals surface area (Å²) in [5, 5.41) is 8.69. The van der Waals surface area contributed by atoms with Crippen LogP contribution in [-0.2, 0) is 27.8 Å². The predicted octanol–water partition coefficient (Wildman–Crippen LogP) is 7.56. The van der Waals surface area contributed by atoms with Crippen LogP contribution in [0.1, 0.15) is 0 Å². The Hall–Kier alpha value is -0.918. The summed E-state index contributed by atoms with van der Waals surface area (Å²) in [4.78, 5) is 0. The molecule has 0 saturated carbocycles. The fourth-order valence-electron chi connectivity index (χ4n) is 4.50. The second-order valence-corrected chi connectivity index (χ2v) is 25.6. The third kappa shape index (κ3) is 10.1. The molecule has 0 spiro atoms. The normalized spacial score (nSPS) is 10.2. The van der Waals surface area contributed by atoms with E-state index in [1.165, 1.54) is 31.8 Å². The van der Waals surface area contributed by atoms with E-state index in [1.807, 2.05) is 0 Å². The Morgan fingerprint density at radius 2 is 0.575 bits per heavy atom. The summed E-state index contributed by atoms with van der Waals surface area (Å²) in [5.41, 5.74) is 0. The van der Waals surface area contributed by atoms with Crippen molar-refractivity contribution in [2.45, 2.75) is 0 Å². The van der Waals surface area contributed by atoms with E-state index >= 15 is 0 Å². The number of halogens is 2. The first-order chi connectivity index (χ1) is 19.3. The molecule has 0 fully saturated rings. The van der Waals surface area contributed by atoms with Crippen molar-refractivity contribution in [1.29, 1.82) is 0 Å². The average molecular weight is 917 g/mol. The topological polar surface area (TPSA) is 0 Å². The van der Waals surface area contributed by atoms with Gasteiger partial charge in [-0.3, -0.25) is 0 Å². The predicted molar refractivity (Wildman–Crippen MR) is 192 cm³/mol. The number of benzene rings is 4. The Morgan fingerprint density at radius 1 is 0.375 bits per heavy atom. The fourth-order valence-corrected chi connectivity index (χ4v) is 9.66. The van der Waals surface area contributed by atoms with E-state index < -0.39 is 15.8 Å². The van der Waals surface area contributed by atoms with Crippen LogP contribution in [0.4, 0.5) is 0 Å². The quantitative estimate of drug-likeness (QED) is 0.0702. The zero-order chi connectivity index (χ0) is 27.1. The molecule has 6 aromatic carbocycles. The molecule has 6 rings (SSSR count). The molecule has 0 radical (unpaired) electrons. The smallest absolute Gasteiger partial charge is 0.0908 e. The molecule has 208 valence electrons. The summed E-state index contributed by atoms with van der Waals surface area (Å²) in [6.45, 7) is 0. The van der Waals surface area contributed by atoms with Crippen LogP contribution in [0.25, 0.3) is 0 Å². The van der Waals surface area contributed by atoms with Gasteiger partial charge in [-0.05, 0) is 59.1 Å². The second kappa shape index (κ2) is 19.3. The Bertz CT molecular complexity index is 1240. The molecule has 0 unspecified atom stereocenters. The molecule has 0 aliphatic heterocycles. The Kier molecular flexibility index (Phi) is 16.2. The zero-order valence-electron chi connectivity index (χ0n) is 21.6. The maximum Gasteiger partial charge on any atom is 0.0908 e. The SMILES string of the molecule is [Fe].[I][Pd][I].c1ccc([PH+](c2ccccc2)[c-]2cccc2)cc1.c1ccc([PH+](c2ccccc2)[c-]2cccc2)cc1. The van der Waals surface area contributed by atoms with Crippen LogP contribution >= 0.6 is 54.9 Å². The number of rotatable bonds is 6. The van der Waals surface area contributed by atoms with Crippen molar-refractivity contribution >= 4 is 86.7 Å². The standard InChI is InChI=1S/2C17H15P.Fe.2HI.Pd/c2*1-3-9-15(10-4-1)18(17-13-7-8-14-17)16-11-5-2-6-12-16;;;;/h2*1-14,18H;;2*1H;/q;;;;;+2/p-2. The van der Waals surface area contributed by atoms with Gasteiger partial charge in [0.2, 0.25) is 0 Å². The zero-order valence-corrected chi connectivity index (χ0v) is 30.6. The Morgan fingerprint density at radius 3 is 0.775 bits per heavy atom. The monoisotopic (exact) mass is 916 g/mol. The van der Waals surface area contributed by atoms with Gasteiger partial charge in [-0.15, -0.1) is 24.3 Å². The minimum Gasteiger partial charge on any atom is -0.210 e. The summed E-state index contributed by atoms with van der Waals surface area (Å²) in [7, 11) is -0.779. The van der Waals surface area contributed by atoms with E-state index in [-0.39, 0.29) is 17.1 Å². The van der Waals surface area contributed by atoms with Gasteiger partial charge in [0.25, 0.3) is 0 Å². The van der Waals surface area contributed by atoms with Gasteiger partial charge in [0.15, 0.2) is 0 Å². The van der Waals surface area contributed by atoms with Crippen LogP contribution < -0.4 is 31.8 Å². The summed E-state index contributed by atoms with van der Waals surface area (Å²) >= 11 is 4.65. The largest absolute Gasteiger partial charge is 0.210 e.